The van der Waals surface area contributed by atoms with Gasteiger partial charge in [0.2, 0.25) is 11.8 Å². The van der Waals surface area contributed by atoms with Crippen molar-refractivity contribution < 1.29 is 14.3 Å². The average molecular weight is 397 g/mol. The van der Waals surface area contributed by atoms with Crippen LogP contribution in [0.15, 0.2) is 42.5 Å². The molecule has 5 heteroatoms. The molecule has 1 N–H and O–H groups in total. The lowest BCUT2D eigenvalue weighted by atomic mass is 9.91. The van der Waals surface area contributed by atoms with E-state index in [0.717, 1.165) is 22.6 Å². The highest BCUT2D eigenvalue weighted by molar-refractivity contribution is 5.96. The third-order valence-corrected chi connectivity index (χ3v) is 4.93. The van der Waals surface area contributed by atoms with Crippen LogP contribution in [-0.4, -0.2) is 25.5 Å². The molecule has 29 heavy (non-hydrogen) atoms. The summed E-state index contributed by atoms with van der Waals surface area (Å²) in [5, 5.41) is 2.88. The van der Waals surface area contributed by atoms with Crippen LogP contribution in [0.5, 0.6) is 5.75 Å². The van der Waals surface area contributed by atoms with Gasteiger partial charge in [0.1, 0.15) is 5.75 Å². The molecule has 0 unspecified atom stereocenters. The lowest BCUT2D eigenvalue weighted by Crippen LogP contribution is -2.33. The van der Waals surface area contributed by atoms with Crippen LogP contribution < -0.4 is 15.0 Å². The lowest BCUT2D eigenvalue weighted by molar-refractivity contribution is -0.117. The molecule has 0 aromatic heterocycles. The second-order valence-electron chi connectivity index (χ2n) is 7.79. The van der Waals surface area contributed by atoms with E-state index in [1.54, 1.807) is 43.2 Å². The van der Waals surface area contributed by atoms with Crippen LogP contribution in [-0.2, 0) is 9.59 Å². The molecule has 0 aliphatic rings. The first-order chi connectivity index (χ1) is 13.7. The Kier molecular flexibility index (Phi) is 7.82. The second kappa shape index (κ2) is 10.1. The molecule has 0 heterocycles. The largest absolute Gasteiger partial charge is 0.497 e. The van der Waals surface area contributed by atoms with Crippen LogP contribution in [0, 0.1) is 0 Å². The van der Waals surface area contributed by atoms with Crippen LogP contribution in [0.1, 0.15) is 64.0 Å². The van der Waals surface area contributed by atoms with Gasteiger partial charge in [0, 0.05) is 25.6 Å². The predicted octanol–water partition coefficient (Wildman–Crippen LogP) is 5.32. The first-order valence-electron chi connectivity index (χ1n) is 10.1. The SMILES string of the molecule is COc1ccc(NC(=O)CCN(C(C)=O)c2c(C(C)C)cccc2C(C)C)cc1. The summed E-state index contributed by atoms with van der Waals surface area (Å²) >= 11 is 0. The van der Waals surface area contributed by atoms with Gasteiger partial charge in [-0.3, -0.25) is 9.59 Å². The van der Waals surface area contributed by atoms with E-state index in [2.05, 4.69) is 45.1 Å². The topological polar surface area (TPSA) is 58.6 Å². The number of para-hydroxylation sites is 1. The molecular formula is C24H32N2O3. The van der Waals surface area contributed by atoms with E-state index >= 15 is 0 Å². The number of benzene rings is 2. The van der Waals surface area contributed by atoms with Gasteiger partial charge in [-0.05, 0) is 47.2 Å². The summed E-state index contributed by atoms with van der Waals surface area (Å²) in [6.07, 6.45) is 0.218. The Morgan fingerprint density at radius 1 is 0.966 bits per heavy atom. The van der Waals surface area contributed by atoms with Crippen LogP contribution in [0.2, 0.25) is 0 Å². The highest BCUT2D eigenvalue weighted by Crippen LogP contribution is 2.35. The molecule has 0 aliphatic carbocycles. The van der Waals surface area contributed by atoms with Gasteiger partial charge in [-0.25, -0.2) is 0 Å². The Morgan fingerprint density at radius 2 is 1.52 bits per heavy atom. The van der Waals surface area contributed by atoms with Gasteiger partial charge in [-0.15, -0.1) is 0 Å². The van der Waals surface area contributed by atoms with E-state index in [4.69, 9.17) is 4.74 Å². The summed E-state index contributed by atoms with van der Waals surface area (Å²) in [5.74, 6) is 1.10. The number of hydrogen-bond donors (Lipinski definition) is 1. The maximum absolute atomic E-state index is 12.5. The van der Waals surface area contributed by atoms with Gasteiger partial charge in [0.05, 0.1) is 12.8 Å². The van der Waals surface area contributed by atoms with Crippen molar-refractivity contribution in [2.24, 2.45) is 0 Å². The van der Waals surface area contributed by atoms with Crippen LogP contribution in [0.4, 0.5) is 11.4 Å². The van der Waals surface area contributed by atoms with Crippen molar-refractivity contribution in [3.8, 4) is 5.75 Å². The summed E-state index contributed by atoms with van der Waals surface area (Å²) in [5.41, 5.74) is 3.90. The lowest BCUT2D eigenvalue weighted by Gasteiger charge is -2.29. The summed E-state index contributed by atoms with van der Waals surface area (Å²) < 4.78 is 5.13. The van der Waals surface area contributed by atoms with Crippen molar-refractivity contribution in [3.63, 3.8) is 0 Å². The minimum Gasteiger partial charge on any atom is -0.497 e. The first kappa shape index (κ1) is 22.5. The van der Waals surface area contributed by atoms with E-state index in [9.17, 15) is 9.59 Å². The van der Waals surface area contributed by atoms with Gasteiger partial charge < -0.3 is 15.0 Å². The smallest absolute Gasteiger partial charge is 0.226 e. The fraction of sp³-hybridized carbons (Fsp3) is 0.417. The molecule has 0 saturated carbocycles. The van der Waals surface area contributed by atoms with Crippen molar-refractivity contribution in [2.75, 3.05) is 23.9 Å². The zero-order valence-corrected chi connectivity index (χ0v) is 18.3. The molecule has 0 radical (unpaired) electrons. The van der Waals surface area contributed by atoms with E-state index in [-0.39, 0.29) is 30.1 Å². The highest BCUT2D eigenvalue weighted by Gasteiger charge is 2.22. The van der Waals surface area contributed by atoms with Crippen molar-refractivity contribution in [1.82, 2.24) is 0 Å². The van der Waals surface area contributed by atoms with Crippen LogP contribution >= 0.6 is 0 Å². The van der Waals surface area contributed by atoms with E-state index in [0.29, 0.717) is 12.2 Å². The molecule has 0 aliphatic heterocycles. The number of nitrogens with one attached hydrogen (secondary N) is 1. The monoisotopic (exact) mass is 396 g/mol. The number of carbonyl (C=O) groups is 2. The molecule has 0 bridgehead atoms. The van der Waals surface area contributed by atoms with E-state index < -0.39 is 0 Å². The molecular weight excluding hydrogens is 364 g/mol. The third kappa shape index (κ3) is 5.83. The molecule has 0 saturated heterocycles. The molecule has 2 aromatic carbocycles. The quantitative estimate of drug-likeness (QED) is 0.657. The second-order valence-corrected chi connectivity index (χ2v) is 7.79. The van der Waals surface area contributed by atoms with Gasteiger partial charge in [-0.2, -0.15) is 0 Å². The van der Waals surface area contributed by atoms with Crippen molar-refractivity contribution in [2.45, 2.75) is 52.9 Å². The minimum atomic E-state index is -0.130. The summed E-state index contributed by atoms with van der Waals surface area (Å²) in [4.78, 5) is 26.7. The highest BCUT2D eigenvalue weighted by atomic mass is 16.5. The number of carbonyl (C=O) groups excluding carboxylic acids is 2. The summed E-state index contributed by atoms with van der Waals surface area (Å²) in [6, 6.07) is 13.4. The molecule has 2 rings (SSSR count). The zero-order valence-electron chi connectivity index (χ0n) is 18.3. The van der Waals surface area contributed by atoms with E-state index in [1.165, 1.54) is 0 Å². The van der Waals surface area contributed by atoms with E-state index in [1.807, 2.05) is 6.07 Å². The Hall–Kier alpha value is -2.82. The van der Waals surface area contributed by atoms with Crippen LogP contribution in [0.25, 0.3) is 0 Å². The number of rotatable bonds is 8. The Labute approximate surface area is 174 Å². The zero-order chi connectivity index (χ0) is 21.6. The van der Waals surface area contributed by atoms with Crippen molar-refractivity contribution in [3.05, 3.63) is 53.6 Å². The standard InChI is InChI=1S/C24H32N2O3/c1-16(2)21-8-7-9-22(17(3)4)24(21)26(18(5)27)15-14-23(28)25-19-10-12-20(29-6)13-11-19/h7-13,16-17H,14-15H2,1-6H3,(H,25,28). The normalized spacial score (nSPS) is 10.9. The summed E-state index contributed by atoms with van der Waals surface area (Å²) in [7, 11) is 1.60. The number of nitrogens with zero attached hydrogens (tertiary/aromatic N) is 1. The molecule has 2 aromatic rings. The first-order valence-corrected chi connectivity index (χ1v) is 10.1. The maximum Gasteiger partial charge on any atom is 0.226 e. The van der Waals surface area contributed by atoms with Crippen LogP contribution in [0.3, 0.4) is 0 Å². The molecule has 0 fully saturated rings. The number of hydrogen-bond acceptors (Lipinski definition) is 3. The Balaban J connectivity index is 2.20. The van der Waals surface area contributed by atoms with Gasteiger partial charge in [-0.1, -0.05) is 45.9 Å². The fourth-order valence-electron chi connectivity index (χ4n) is 3.36. The predicted molar refractivity (Wildman–Crippen MR) is 119 cm³/mol. The van der Waals surface area contributed by atoms with Crippen molar-refractivity contribution >= 4 is 23.2 Å². The molecule has 2 amide bonds. The van der Waals surface area contributed by atoms with Gasteiger partial charge in [0.25, 0.3) is 0 Å². The minimum absolute atomic E-state index is 0.0581. The third-order valence-electron chi connectivity index (χ3n) is 4.93. The maximum atomic E-state index is 12.5. The van der Waals surface area contributed by atoms with Gasteiger partial charge >= 0.3 is 0 Å². The number of ether oxygens (including phenoxy) is 1. The average Bonchev–Trinajstić information content (AvgIpc) is 2.68. The molecule has 0 atom stereocenters. The molecule has 0 spiro atoms. The summed E-state index contributed by atoms with van der Waals surface area (Å²) in [6.45, 7) is 10.4. The van der Waals surface area contributed by atoms with Crippen molar-refractivity contribution in [1.29, 1.82) is 0 Å². The Bertz CT molecular complexity index is 815. The number of methoxy groups -OCH3 is 1. The number of anilines is 2. The Morgan fingerprint density at radius 3 is 1.97 bits per heavy atom. The molecule has 156 valence electrons. The fourth-order valence-corrected chi connectivity index (χ4v) is 3.36. The van der Waals surface area contributed by atoms with Gasteiger partial charge in [0.15, 0.2) is 0 Å². The molecule has 5 nitrogen and oxygen atoms in total. The number of amides is 2.